The molecule has 2 aliphatic heterocycles. The van der Waals surface area contributed by atoms with Crippen LogP contribution in [0.2, 0.25) is 0 Å². The van der Waals surface area contributed by atoms with Crippen molar-refractivity contribution in [2.75, 3.05) is 39.3 Å². The Morgan fingerprint density at radius 2 is 1.89 bits per heavy atom. The summed E-state index contributed by atoms with van der Waals surface area (Å²) in [5.41, 5.74) is 0.501. The van der Waals surface area contributed by atoms with Crippen LogP contribution in [-0.2, 0) is 14.8 Å². The molecule has 2 fully saturated rings. The van der Waals surface area contributed by atoms with Crippen molar-refractivity contribution in [1.82, 2.24) is 14.5 Å². The van der Waals surface area contributed by atoms with Crippen molar-refractivity contribution in [3.8, 4) is 0 Å². The number of rotatable bonds is 5. The third-order valence-electron chi connectivity index (χ3n) is 4.93. The number of ether oxygens (including phenoxy) is 1. The van der Waals surface area contributed by atoms with Gasteiger partial charge in [0, 0.05) is 44.9 Å². The number of ketones is 1. The molecule has 0 spiro atoms. The first-order chi connectivity index (χ1) is 12.9. The van der Waals surface area contributed by atoms with Crippen molar-refractivity contribution in [2.24, 2.45) is 0 Å². The van der Waals surface area contributed by atoms with E-state index in [1.54, 1.807) is 12.1 Å². The Bertz CT molecular complexity index is 781. The lowest BCUT2D eigenvalue weighted by Gasteiger charge is -2.35. The molecule has 2 heterocycles. The maximum atomic E-state index is 12.8. The third-order valence-corrected chi connectivity index (χ3v) is 7.24. The first kappa shape index (κ1) is 20.2. The lowest BCUT2D eigenvalue weighted by atomic mass is 10.2. The minimum Gasteiger partial charge on any atom is -0.376 e. The van der Waals surface area contributed by atoms with Crippen LogP contribution in [0.25, 0.3) is 0 Å². The molecule has 9 heteroatoms. The number of piperazine rings is 1. The standard InChI is InChI=1S/C18H25N3O4S2/c1-14(22)15-4-6-17(7-5-15)27(23,24)21-10-8-20(9-11-21)18(26)19-13-16-3-2-12-25-16/h4-7,16H,2-3,8-13H2,1H3,(H,19,26)/t16-/m0/s1. The Morgan fingerprint density at radius 3 is 2.44 bits per heavy atom. The number of hydrogen-bond donors (Lipinski definition) is 1. The molecule has 0 bridgehead atoms. The second-order valence-corrected chi connectivity index (χ2v) is 9.12. The van der Waals surface area contributed by atoms with Crippen molar-refractivity contribution < 1.29 is 17.9 Å². The van der Waals surface area contributed by atoms with Crippen LogP contribution < -0.4 is 5.32 Å². The van der Waals surface area contributed by atoms with Crippen LogP contribution in [0.1, 0.15) is 30.1 Å². The van der Waals surface area contributed by atoms with Gasteiger partial charge in [-0.3, -0.25) is 4.79 Å². The zero-order chi connectivity index (χ0) is 19.4. The summed E-state index contributed by atoms with van der Waals surface area (Å²) >= 11 is 5.43. The van der Waals surface area contributed by atoms with Crippen molar-refractivity contribution in [1.29, 1.82) is 0 Å². The van der Waals surface area contributed by atoms with Gasteiger partial charge in [0.25, 0.3) is 0 Å². The van der Waals surface area contributed by atoms with Gasteiger partial charge in [0.2, 0.25) is 10.0 Å². The Morgan fingerprint density at radius 1 is 1.22 bits per heavy atom. The molecule has 1 aromatic rings. The smallest absolute Gasteiger partial charge is 0.243 e. The number of benzene rings is 1. The lowest BCUT2D eigenvalue weighted by molar-refractivity contribution is 0.101. The summed E-state index contributed by atoms with van der Waals surface area (Å²) < 4.78 is 32.6. The quantitative estimate of drug-likeness (QED) is 0.577. The second-order valence-electron chi connectivity index (χ2n) is 6.79. The highest BCUT2D eigenvalue weighted by molar-refractivity contribution is 7.89. The Labute approximate surface area is 165 Å². The molecule has 0 radical (unpaired) electrons. The van der Waals surface area contributed by atoms with Crippen LogP contribution in [0.15, 0.2) is 29.2 Å². The van der Waals surface area contributed by atoms with Crippen LogP contribution in [0.5, 0.6) is 0 Å². The first-order valence-corrected chi connectivity index (χ1v) is 11.0. The van der Waals surface area contributed by atoms with Crippen LogP contribution in [0.3, 0.4) is 0 Å². The van der Waals surface area contributed by atoms with E-state index >= 15 is 0 Å². The molecule has 0 aliphatic carbocycles. The van der Waals surface area contributed by atoms with E-state index in [1.807, 2.05) is 4.90 Å². The molecule has 0 saturated carbocycles. The molecule has 0 amide bonds. The highest BCUT2D eigenvalue weighted by Crippen LogP contribution is 2.19. The molecule has 1 aromatic carbocycles. The van der Waals surface area contributed by atoms with E-state index < -0.39 is 10.0 Å². The summed E-state index contributed by atoms with van der Waals surface area (Å²) in [5.74, 6) is -0.0865. The number of carbonyl (C=O) groups is 1. The number of carbonyl (C=O) groups excluding carboxylic acids is 1. The minimum absolute atomic E-state index is 0.0865. The van der Waals surface area contributed by atoms with Gasteiger partial charge < -0.3 is 15.0 Å². The lowest BCUT2D eigenvalue weighted by Crippen LogP contribution is -2.53. The molecule has 27 heavy (non-hydrogen) atoms. The average molecular weight is 412 g/mol. The van der Waals surface area contributed by atoms with Crippen molar-refractivity contribution in [2.45, 2.75) is 30.8 Å². The van der Waals surface area contributed by atoms with Gasteiger partial charge in [0.05, 0.1) is 11.0 Å². The number of thiocarbonyl (C=S) groups is 1. The molecular formula is C18H25N3O4S2. The van der Waals surface area contributed by atoms with E-state index in [4.69, 9.17) is 17.0 Å². The molecule has 148 valence electrons. The summed E-state index contributed by atoms with van der Waals surface area (Å²) in [6, 6.07) is 6.09. The van der Waals surface area contributed by atoms with Crippen LogP contribution in [-0.4, -0.2) is 74.0 Å². The summed E-state index contributed by atoms with van der Waals surface area (Å²) in [5, 5.41) is 3.88. The SMILES string of the molecule is CC(=O)c1ccc(S(=O)(=O)N2CCN(C(=S)NC[C@@H]3CCCO3)CC2)cc1. The number of nitrogens with zero attached hydrogens (tertiary/aromatic N) is 2. The van der Waals surface area contributed by atoms with Gasteiger partial charge >= 0.3 is 0 Å². The summed E-state index contributed by atoms with van der Waals surface area (Å²) in [7, 11) is -3.57. The predicted octanol–water partition coefficient (Wildman–Crippen LogP) is 1.25. The summed E-state index contributed by atoms with van der Waals surface area (Å²) in [6.45, 7) is 4.79. The van der Waals surface area contributed by atoms with Crippen LogP contribution in [0.4, 0.5) is 0 Å². The maximum Gasteiger partial charge on any atom is 0.243 e. The van der Waals surface area contributed by atoms with E-state index in [9.17, 15) is 13.2 Å². The molecule has 1 atom stereocenters. The Balaban J connectivity index is 1.54. The topological polar surface area (TPSA) is 79.0 Å². The molecule has 1 N–H and O–H groups in total. The molecule has 7 nitrogen and oxygen atoms in total. The summed E-state index contributed by atoms with van der Waals surface area (Å²) in [4.78, 5) is 13.6. The number of Topliss-reactive ketones (excluding diaryl/α,β-unsaturated/α-hetero) is 1. The maximum absolute atomic E-state index is 12.8. The van der Waals surface area contributed by atoms with Gasteiger partial charge in [0.15, 0.2) is 10.9 Å². The minimum atomic E-state index is -3.57. The van der Waals surface area contributed by atoms with Gasteiger partial charge in [-0.25, -0.2) is 8.42 Å². The van der Waals surface area contributed by atoms with Gasteiger partial charge in [-0.2, -0.15) is 4.31 Å². The second kappa shape index (κ2) is 8.64. The largest absolute Gasteiger partial charge is 0.376 e. The third kappa shape index (κ3) is 4.84. The zero-order valence-electron chi connectivity index (χ0n) is 15.4. The van der Waals surface area contributed by atoms with E-state index in [0.717, 1.165) is 19.4 Å². The average Bonchev–Trinajstić information content (AvgIpc) is 3.20. The fourth-order valence-electron chi connectivity index (χ4n) is 3.26. The molecule has 3 rings (SSSR count). The van der Waals surface area contributed by atoms with E-state index in [0.29, 0.717) is 43.4 Å². The molecule has 0 aromatic heterocycles. The predicted molar refractivity (Wildman–Crippen MR) is 106 cm³/mol. The molecule has 2 aliphatic rings. The van der Waals surface area contributed by atoms with Crippen molar-refractivity contribution in [3.05, 3.63) is 29.8 Å². The van der Waals surface area contributed by atoms with Crippen molar-refractivity contribution in [3.63, 3.8) is 0 Å². The normalized spacial score (nSPS) is 21.2. The number of hydrogen-bond acceptors (Lipinski definition) is 5. The highest BCUT2D eigenvalue weighted by Gasteiger charge is 2.29. The fraction of sp³-hybridized carbons (Fsp3) is 0.556. The van der Waals surface area contributed by atoms with E-state index in [-0.39, 0.29) is 16.8 Å². The van der Waals surface area contributed by atoms with Gasteiger partial charge in [0.1, 0.15) is 0 Å². The van der Waals surface area contributed by atoms with Crippen molar-refractivity contribution >= 4 is 33.1 Å². The molecule has 0 unspecified atom stereocenters. The van der Waals surface area contributed by atoms with E-state index in [1.165, 1.54) is 23.4 Å². The molecule has 2 saturated heterocycles. The fourth-order valence-corrected chi connectivity index (χ4v) is 4.95. The monoisotopic (exact) mass is 411 g/mol. The molecular weight excluding hydrogens is 386 g/mol. The van der Waals surface area contributed by atoms with Gasteiger partial charge in [-0.1, -0.05) is 12.1 Å². The van der Waals surface area contributed by atoms with Gasteiger partial charge in [-0.15, -0.1) is 0 Å². The first-order valence-electron chi connectivity index (χ1n) is 9.13. The number of sulfonamides is 1. The highest BCUT2D eigenvalue weighted by atomic mass is 32.2. The summed E-state index contributed by atoms with van der Waals surface area (Å²) in [6.07, 6.45) is 2.34. The van der Waals surface area contributed by atoms with Crippen LogP contribution >= 0.6 is 12.2 Å². The Hall–Kier alpha value is -1.55. The zero-order valence-corrected chi connectivity index (χ0v) is 17.0. The van der Waals surface area contributed by atoms with Crippen LogP contribution in [0, 0.1) is 0 Å². The number of nitrogens with one attached hydrogen (secondary N) is 1. The van der Waals surface area contributed by atoms with E-state index in [2.05, 4.69) is 5.32 Å². The Kier molecular flexibility index (Phi) is 6.46. The van der Waals surface area contributed by atoms with Gasteiger partial charge in [-0.05, 0) is 44.1 Å².